The van der Waals surface area contributed by atoms with Gasteiger partial charge in [0.25, 0.3) is 11.8 Å². The van der Waals surface area contributed by atoms with Gasteiger partial charge in [0.05, 0.1) is 0 Å². The molecular formula is C21H26FN5O2. The summed E-state index contributed by atoms with van der Waals surface area (Å²) in [6, 6.07) is 5.85. The van der Waals surface area contributed by atoms with Crippen molar-refractivity contribution in [3.8, 4) is 0 Å². The van der Waals surface area contributed by atoms with E-state index in [1.165, 1.54) is 24.5 Å². The Labute approximate surface area is 169 Å². The van der Waals surface area contributed by atoms with Gasteiger partial charge in [-0.05, 0) is 56.5 Å². The summed E-state index contributed by atoms with van der Waals surface area (Å²) in [6.07, 6.45) is 5.80. The van der Waals surface area contributed by atoms with Gasteiger partial charge in [-0.1, -0.05) is 12.1 Å². The molecule has 1 fully saturated rings. The molecule has 1 saturated heterocycles. The van der Waals surface area contributed by atoms with Crippen molar-refractivity contribution in [3.63, 3.8) is 0 Å². The smallest absolute Gasteiger partial charge is 0.274 e. The Morgan fingerprint density at radius 2 is 1.76 bits per heavy atom. The van der Waals surface area contributed by atoms with Crippen molar-refractivity contribution in [3.05, 3.63) is 59.4 Å². The Balaban J connectivity index is 1.62. The minimum absolute atomic E-state index is 0.0110. The van der Waals surface area contributed by atoms with Crippen molar-refractivity contribution in [2.45, 2.75) is 25.8 Å². The third kappa shape index (κ3) is 5.57. The highest BCUT2D eigenvalue weighted by Gasteiger charge is 2.28. The molecule has 154 valence electrons. The maximum atomic E-state index is 13.0. The Bertz CT molecular complexity index is 835. The number of piperidine rings is 1. The molecule has 0 atom stereocenters. The van der Waals surface area contributed by atoms with Gasteiger partial charge in [0.2, 0.25) is 0 Å². The lowest BCUT2D eigenvalue weighted by molar-refractivity contribution is 0.0675. The molecule has 2 N–H and O–H groups in total. The van der Waals surface area contributed by atoms with Gasteiger partial charge in [0.1, 0.15) is 5.82 Å². The fourth-order valence-corrected chi connectivity index (χ4v) is 3.45. The summed E-state index contributed by atoms with van der Waals surface area (Å²) < 4.78 is 13.0. The van der Waals surface area contributed by atoms with Gasteiger partial charge in [-0.15, -0.1) is 0 Å². The molecule has 0 saturated carbocycles. The van der Waals surface area contributed by atoms with Gasteiger partial charge in [-0.3, -0.25) is 9.59 Å². The average molecular weight is 399 g/mol. The predicted molar refractivity (Wildman–Crippen MR) is 107 cm³/mol. The number of aromatic nitrogens is 2. The van der Waals surface area contributed by atoms with Gasteiger partial charge in [0, 0.05) is 32.0 Å². The van der Waals surface area contributed by atoms with Gasteiger partial charge in [0.15, 0.2) is 11.4 Å². The van der Waals surface area contributed by atoms with E-state index in [-0.39, 0.29) is 29.7 Å². The fraction of sp³-hybridized carbons (Fsp3) is 0.429. The van der Waals surface area contributed by atoms with Gasteiger partial charge < -0.3 is 15.5 Å². The molecule has 1 aromatic carbocycles. The monoisotopic (exact) mass is 399 g/mol. The SMILES string of the molecule is CNCCC1CCN(C(=O)c2nccnc2C(=O)NCc2ccc(F)cc2)CC1. The zero-order valence-corrected chi connectivity index (χ0v) is 16.5. The Kier molecular flexibility index (Phi) is 7.24. The van der Waals surface area contributed by atoms with E-state index in [4.69, 9.17) is 0 Å². The van der Waals surface area contributed by atoms with E-state index in [1.807, 2.05) is 7.05 Å². The minimum atomic E-state index is -0.477. The van der Waals surface area contributed by atoms with Crippen LogP contribution in [0.3, 0.4) is 0 Å². The van der Waals surface area contributed by atoms with Crippen LogP contribution in [0.15, 0.2) is 36.7 Å². The van der Waals surface area contributed by atoms with Crippen LogP contribution in [0.25, 0.3) is 0 Å². The molecule has 1 aromatic heterocycles. The lowest BCUT2D eigenvalue weighted by Gasteiger charge is -2.32. The molecule has 0 spiro atoms. The summed E-state index contributed by atoms with van der Waals surface area (Å²) in [7, 11) is 1.94. The Morgan fingerprint density at radius 3 is 2.41 bits per heavy atom. The summed E-state index contributed by atoms with van der Waals surface area (Å²) in [4.78, 5) is 35.5. The van der Waals surface area contributed by atoms with Crippen molar-refractivity contribution in [1.29, 1.82) is 0 Å². The van der Waals surface area contributed by atoms with Crippen LogP contribution in [0.4, 0.5) is 4.39 Å². The van der Waals surface area contributed by atoms with Gasteiger partial charge in [-0.25, -0.2) is 14.4 Å². The maximum Gasteiger partial charge on any atom is 0.274 e. The standard InChI is InChI=1S/C21H26FN5O2/c1-23-9-6-15-7-12-27(13-8-15)21(29)19-18(24-10-11-25-19)20(28)26-14-16-2-4-17(22)5-3-16/h2-5,10-11,15,23H,6-9,12-14H2,1H3,(H,26,28). The van der Waals surface area contributed by atoms with E-state index in [1.54, 1.807) is 17.0 Å². The molecule has 8 heteroatoms. The summed E-state index contributed by atoms with van der Waals surface area (Å²) in [6.45, 7) is 2.49. The summed E-state index contributed by atoms with van der Waals surface area (Å²) >= 11 is 0. The summed E-state index contributed by atoms with van der Waals surface area (Å²) in [5.74, 6) is -0.477. The number of rotatable bonds is 7. The molecule has 29 heavy (non-hydrogen) atoms. The molecule has 0 aliphatic carbocycles. The zero-order chi connectivity index (χ0) is 20.6. The molecule has 2 amide bonds. The number of hydrogen-bond donors (Lipinski definition) is 2. The number of amides is 2. The van der Waals surface area contributed by atoms with Gasteiger partial charge in [-0.2, -0.15) is 0 Å². The third-order valence-corrected chi connectivity index (χ3v) is 5.19. The number of hydrogen-bond acceptors (Lipinski definition) is 5. The highest BCUT2D eigenvalue weighted by atomic mass is 19.1. The maximum absolute atomic E-state index is 13.0. The molecular weight excluding hydrogens is 373 g/mol. The van der Waals surface area contributed by atoms with Crippen molar-refractivity contribution in [2.75, 3.05) is 26.7 Å². The molecule has 2 heterocycles. The molecule has 1 aliphatic rings. The Morgan fingerprint density at radius 1 is 1.10 bits per heavy atom. The molecule has 0 unspecified atom stereocenters. The lowest BCUT2D eigenvalue weighted by atomic mass is 9.93. The number of likely N-dealkylation sites (tertiary alicyclic amines) is 1. The van der Waals surface area contributed by atoms with Crippen LogP contribution >= 0.6 is 0 Å². The van der Waals surface area contributed by atoms with Gasteiger partial charge >= 0.3 is 0 Å². The fourth-order valence-electron chi connectivity index (χ4n) is 3.45. The first-order chi connectivity index (χ1) is 14.1. The van der Waals surface area contributed by atoms with Crippen LogP contribution in [0.1, 0.15) is 45.8 Å². The van der Waals surface area contributed by atoms with Crippen molar-refractivity contribution in [1.82, 2.24) is 25.5 Å². The second-order valence-electron chi connectivity index (χ2n) is 7.19. The molecule has 7 nitrogen and oxygen atoms in total. The van der Waals surface area contributed by atoms with Crippen LogP contribution in [0.2, 0.25) is 0 Å². The largest absolute Gasteiger partial charge is 0.347 e. The molecule has 2 aromatic rings. The number of carbonyl (C=O) groups excluding carboxylic acids is 2. The Hall–Kier alpha value is -2.87. The number of nitrogens with one attached hydrogen (secondary N) is 2. The van der Waals surface area contributed by atoms with E-state index in [0.29, 0.717) is 19.0 Å². The van der Waals surface area contributed by atoms with Crippen LogP contribution < -0.4 is 10.6 Å². The molecule has 0 bridgehead atoms. The lowest BCUT2D eigenvalue weighted by Crippen LogP contribution is -2.40. The number of benzene rings is 1. The van der Waals surface area contributed by atoms with E-state index in [2.05, 4.69) is 20.6 Å². The summed E-state index contributed by atoms with van der Waals surface area (Å²) in [5, 5.41) is 5.88. The number of carbonyl (C=O) groups is 2. The van der Waals surface area contributed by atoms with E-state index < -0.39 is 5.91 Å². The van der Waals surface area contributed by atoms with Crippen LogP contribution in [-0.4, -0.2) is 53.4 Å². The van der Waals surface area contributed by atoms with Crippen LogP contribution in [-0.2, 0) is 6.54 Å². The second kappa shape index (κ2) is 10.1. The second-order valence-corrected chi connectivity index (χ2v) is 7.19. The average Bonchev–Trinajstić information content (AvgIpc) is 2.77. The molecule has 0 radical (unpaired) electrons. The first-order valence-electron chi connectivity index (χ1n) is 9.86. The van der Waals surface area contributed by atoms with Crippen LogP contribution in [0, 0.1) is 11.7 Å². The van der Waals surface area contributed by atoms with Crippen molar-refractivity contribution < 1.29 is 14.0 Å². The minimum Gasteiger partial charge on any atom is -0.347 e. The van der Waals surface area contributed by atoms with E-state index in [0.717, 1.165) is 31.4 Å². The number of halogens is 1. The highest BCUT2D eigenvalue weighted by Crippen LogP contribution is 2.21. The zero-order valence-electron chi connectivity index (χ0n) is 16.5. The summed E-state index contributed by atoms with van der Waals surface area (Å²) in [5.41, 5.74) is 0.829. The first kappa shape index (κ1) is 20.9. The molecule has 3 rings (SSSR count). The van der Waals surface area contributed by atoms with Crippen molar-refractivity contribution in [2.24, 2.45) is 5.92 Å². The topological polar surface area (TPSA) is 87.2 Å². The van der Waals surface area contributed by atoms with Crippen LogP contribution in [0.5, 0.6) is 0 Å². The highest BCUT2D eigenvalue weighted by molar-refractivity contribution is 6.04. The van der Waals surface area contributed by atoms with Crippen molar-refractivity contribution >= 4 is 11.8 Å². The number of nitrogens with zero attached hydrogens (tertiary/aromatic N) is 3. The van der Waals surface area contributed by atoms with E-state index >= 15 is 0 Å². The quantitative estimate of drug-likeness (QED) is 0.744. The third-order valence-electron chi connectivity index (χ3n) is 5.19. The normalized spacial score (nSPS) is 14.6. The predicted octanol–water partition coefficient (Wildman–Crippen LogP) is 2.01. The molecule has 1 aliphatic heterocycles. The van der Waals surface area contributed by atoms with E-state index in [9.17, 15) is 14.0 Å². The first-order valence-corrected chi connectivity index (χ1v) is 9.86.